The lowest BCUT2D eigenvalue weighted by molar-refractivity contribution is 0.0941. The zero-order valence-electron chi connectivity index (χ0n) is 13.7. The molecule has 1 saturated carbocycles. The molecule has 3 aromatic heterocycles. The molecular formula is C18H20N4O. The highest BCUT2D eigenvalue weighted by Gasteiger charge is 2.31. The van der Waals surface area contributed by atoms with Gasteiger partial charge in [-0.15, -0.1) is 0 Å². The zero-order chi connectivity index (χ0) is 16.1. The molecule has 1 fully saturated rings. The number of pyridine rings is 1. The highest BCUT2D eigenvalue weighted by molar-refractivity contribution is 6.03. The minimum atomic E-state index is -0.0228. The summed E-state index contributed by atoms with van der Waals surface area (Å²) in [4.78, 5) is 12.4. The lowest BCUT2D eigenvalue weighted by atomic mass is 10.0. The molecule has 1 aliphatic rings. The van der Waals surface area contributed by atoms with Gasteiger partial charge in [0.05, 0.1) is 29.2 Å². The Hall–Kier alpha value is -2.43. The first-order chi connectivity index (χ1) is 11.1. The summed E-state index contributed by atoms with van der Waals surface area (Å²) in [7, 11) is 1.92. The van der Waals surface area contributed by atoms with E-state index in [1.807, 2.05) is 48.6 Å². The van der Waals surface area contributed by atoms with E-state index in [9.17, 15) is 4.79 Å². The monoisotopic (exact) mass is 308 g/mol. The molecule has 0 unspecified atom stereocenters. The van der Waals surface area contributed by atoms with Gasteiger partial charge in [-0.3, -0.25) is 9.48 Å². The first kappa shape index (κ1) is 14.2. The average Bonchev–Trinajstić information content (AvgIpc) is 3.13. The van der Waals surface area contributed by atoms with Gasteiger partial charge in [-0.05, 0) is 18.9 Å². The van der Waals surface area contributed by atoms with Crippen LogP contribution in [0.2, 0.25) is 0 Å². The molecule has 0 amide bonds. The number of ketones is 1. The van der Waals surface area contributed by atoms with Gasteiger partial charge in [0.1, 0.15) is 0 Å². The molecule has 0 N–H and O–H groups in total. The van der Waals surface area contributed by atoms with Crippen molar-refractivity contribution in [3.8, 4) is 11.1 Å². The maximum absolute atomic E-state index is 12.4. The maximum atomic E-state index is 12.4. The molecule has 5 heteroatoms. The van der Waals surface area contributed by atoms with E-state index in [-0.39, 0.29) is 11.7 Å². The van der Waals surface area contributed by atoms with Gasteiger partial charge >= 0.3 is 0 Å². The summed E-state index contributed by atoms with van der Waals surface area (Å²) < 4.78 is 3.78. The summed E-state index contributed by atoms with van der Waals surface area (Å²) in [6.45, 7) is 3.86. The number of Topliss-reactive ketones (excluding diaryl/α,β-unsaturated/α-hetero) is 1. The molecule has 0 spiro atoms. The Balaban J connectivity index is 1.93. The summed E-state index contributed by atoms with van der Waals surface area (Å²) in [6, 6.07) is 4.12. The topological polar surface area (TPSA) is 52.2 Å². The summed E-state index contributed by atoms with van der Waals surface area (Å²) in [5.74, 6) is 0.650. The lowest BCUT2D eigenvalue weighted by Gasteiger charge is -2.10. The van der Waals surface area contributed by atoms with Crippen molar-refractivity contribution in [2.24, 2.45) is 13.0 Å². The third-order valence-electron chi connectivity index (χ3n) is 4.49. The molecule has 3 heterocycles. The van der Waals surface area contributed by atoms with Crippen molar-refractivity contribution < 1.29 is 4.79 Å². The van der Waals surface area contributed by atoms with E-state index in [0.717, 1.165) is 16.6 Å². The molecule has 1 aliphatic carbocycles. The van der Waals surface area contributed by atoms with Crippen molar-refractivity contribution in [2.45, 2.75) is 32.6 Å². The fourth-order valence-corrected chi connectivity index (χ4v) is 3.13. The number of rotatable bonds is 4. The second kappa shape index (κ2) is 5.05. The van der Waals surface area contributed by atoms with Gasteiger partial charge in [0, 0.05) is 36.2 Å². The SMILES string of the molecule is CC(C)C(=O)c1cnn2c(C3CC3)c(-c3cnn(C)c3)ccc12. The first-order valence-electron chi connectivity index (χ1n) is 8.10. The van der Waals surface area contributed by atoms with Crippen LogP contribution in [-0.4, -0.2) is 25.2 Å². The van der Waals surface area contributed by atoms with Crippen molar-refractivity contribution >= 4 is 11.3 Å². The van der Waals surface area contributed by atoms with Gasteiger partial charge < -0.3 is 0 Å². The molecule has 0 saturated heterocycles. The van der Waals surface area contributed by atoms with Gasteiger partial charge in [-0.25, -0.2) is 4.52 Å². The maximum Gasteiger partial charge on any atom is 0.169 e. The molecule has 0 aromatic carbocycles. The summed E-state index contributed by atoms with van der Waals surface area (Å²) in [6.07, 6.45) is 7.99. The van der Waals surface area contributed by atoms with Crippen molar-refractivity contribution in [1.82, 2.24) is 19.4 Å². The molecule has 23 heavy (non-hydrogen) atoms. The van der Waals surface area contributed by atoms with Gasteiger partial charge in [0.2, 0.25) is 0 Å². The van der Waals surface area contributed by atoms with Crippen molar-refractivity contribution in [2.75, 3.05) is 0 Å². The predicted molar refractivity (Wildman–Crippen MR) is 88.5 cm³/mol. The van der Waals surface area contributed by atoms with E-state index in [1.54, 1.807) is 6.20 Å². The van der Waals surface area contributed by atoms with Crippen molar-refractivity contribution in [1.29, 1.82) is 0 Å². The standard InChI is InChI=1S/C18H20N4O/c1-11(2)18(23)15-9-20-22-16(15)7-6-14(17(22)12-4-5-12)13-8-19-21(3)10-13/h6-12H,4-5H2,1-3H3. The molecule has 3 aromatic rings. The van der Waals surface area contributed by atoms with Crippen molar-refractivity contribution in [3.05, 3.63) is 42.0 Å². The Bertz CT molecular complexity index is 899. The zero-order valence-corrected chi connectivity index (χ0v) is 13.7. The Kier molecular flexibility index (Phi) is 3.11. The lowest BCUT2D eigenvalue weighted by Crippen LogP contribution is -2.07. The Labute approximate surface area is 134 Å². The second-order valence-electron chi connectivity index (χ2n) is 6.68. The average molecular weight is 308 g/mol. The fourth-order valence-electron chi connectivity index (χ4n) is 3.13. The summed E-state index contributed by atoms with van der Waals surface area (Å²) in [5, 5.41) is 8.83. The minimum absolute atomic E-state index is 0.0228. The molecule has 0 bridgehead atoms. The highest BCUT2D eigenvalue weighted by Crippen LogP contribution is 2.44. The van der Waals surface area contributed by atoms with Crippen LogP contribution in [-0.2, 0) is 7.05 Å². The molecule has 5 nitrogen and oxygen atoms in total. The molecule has 0 atom stereocenters. The summed E-state index contributed by atoms with van der Waals surface area (Å²) >= 11 is 0. The van der Waals surface area contributed by atoms with E-state index in [4.69, 9.17) is 0 Å². The highest BCUT2D eigenvalue weighted by atomic mass is 16.1. The van der Waals surface area contributed by atoms with Gasteiger partial charge in [-0.1, -0.05) is 19.9 Å². The van der Waals surface area contributed by atoms with Crippen LogP contribution in [0.1, 0.15) is 48.7 Å². The number of aromatic nitrogens is 4. The third-order valence-corrected chi connectivity index (χ3v) is 4.49. The fraction of sp³-hybridized carbons (Fsp3) is 0.389. The Morgan fingerprint density at radius 1 is 1.22 bits per heavy atom. The smallest absolute Gasteiger partial charge is 0.169 e. The van der Waals surface area contributed by atoms with Crippen LogP contribution in [0.5, 0.6) is 0 Å². The second-order valence-corrected chi connectivity index (χ2v) is 6.68. The van der Waals surface area contributed by atoms with Crippen LogP contribution in [0, 0.1) is 5.92 Å². The largest absolute Gasteiger partial charge is 0.294 e. The number of carbonyl (C=O) groups excluding carboxylic acids is 1. The minimum Gasteiger partial charge on any atom is -0.294 e. The van der Waals surface area contributed by atoms with Crippen LogP contribution in [0.15, 0.2) is 30.7 Å². The molecular weight excluding hydrogens is 288 g/mol. The predicted octanol–water partition coefficient (Wildman–Crippen LogP) is 3.45. The quantitative estimate of drug-likeness (QED) is 0.694. The number of carbonyl (C=O) groups is 1. The van der Waals surface area contributed by atoms with Crippen LogP contribution >= 0.6 is 0 Å². The first-order valence-corrected chi connectivity index (χ1v) is 8.10. The van der Waals surface area contributed by atoms with Crippen LogP contribution in [0.4, 0.5) is 0 Å². The third kappa shape index (κ3) is 2.27. The van der Waals surface area contributed by atoms with E-state index in [0.29, 0.717) is 5.92 Å². The molecule has 118 valence electrons. The molecule has 4 rings (SSSR count). The molecule has 0 aliphatic heterocycles. The summed E-state index contributed by atoms with van der Waals surface area (Å²) in [5.41, 5.74) is 5.11. The van der Waals surface area contributed by atoms with Crippen LogP contribution in [0.3, 0.4) is 0 Å². The van der Waals surface area contributed by atoms with Gasteiger partial charge in [0.25, 0.3) is 0 Å². The van der Waals surface area contributed by atoms with E-state index in [2.05, 4.69) is 16.3 Å². The number of nitrogens with zero attached hydrogens (tertiary/aromatic N) is 4. The number of hydrogen-bond donors (Lipinski definition) is 0. The van der Waals surface area contributed by atoms with E-state index in [1.165, 1.54) is 24.1 Å². The van der Waals surface area contributed by atoms with E-state index >= 15 is 0 Å². The molecule has 0 radical (unpaired) electrons. The number of aryl methyl sites for hydroxylation is 1. The van der Waals surface area contributed by atoms with Gasteiger partial charge in [0.15, 0.2) is 5.78 Å². The van der Waals surface area contributed by atoms with E-state index < -0.39 is 0 Å². The normalized spacial score (nSPS) is 14.8. The Morgan fingerprint density at radius 2 is 2.00 bits per heavy atom. The van der Waals surface area contributed by atoms with Crippen LogP contribution in [0.25, 0.3) is 16.6 Å². The Morgan fingerprint density at radius 3 is 2.61 bits per heavy atom. The number of fused-ring (bicyclic) bond motifs is 1. The number of hydrogen-bond acceptors (Lipinski definition) is 3. The van der Waals surface area contributed by atoms with Crippen molar-refractivity contribution in [3.63, 3.8) is 0 Å². The van der Waals surface area contributed by atoms with Gasteiger partial charge in [-0.2, -0.15) is 10.2 Å². The van der Waals surface area contributed by atoms with Crippen LogP contribution < -0.4 is 0 Å².